The second-order valence-electron chi connectivity index (χ2n) is 4.20. The summed E-state index contributed by atoms with van der Waals surface area (Å²) in [6, 6.07) is 1.00. The monoisotopic (exact) mass is 292 g/mol. The number of thiophene rings is 1. The number of rotatable bonds is 6. The summed E-state index contributed by atoms with van der Waals surface area (Å²) in [6.45, 7) is 2.26. The van der Waals surface area contributed by atoms with Gasteiger partial charge in [-0.25, -0.2) is 17.9 Å². The molecule has 1 rings (SSSR count). The Balaban J connectivity index is 2.93. The molecule has 1 unspecified atom stereocenters. The van der Waals surface area contributed by atoms with Gasteiger partial charge in [0.05, 0.1) is 0 Å². The van der Waals surface area contributed by atoms with Gasteiger partial charge in [0.25, 0.3) is 0 Å². The fourth-order valence-corrected chi connectivity index (χ4v) is 4.07. The van der Waals surface area contributed by atoms with Crippen LogP contribution in [-0.2, 0) is 10.0 Å². The molecule has 6 nitrogen and oxygen atoms in total. The highest BCUT2D eigenvalue weighted by Gasteiger charge is 2.25. The summed E-state index contributed by atoms with van der Waals surface area (Å²) in [7, 11) is -0.122. The van der Waals surface area contributed by atoms with Crippen molar-refractivity contribution < 1.29 is 18.3 Å². The van der Waals surface area contributed by atoms with E-state index in [1.54, 1.807) is 6.92 Å². The zero-order valence-corrected chi connectivity index (χ0v) is 12.0. The SMILES string of the molecule is CC(CN(C)C)NS(=O)(=O)c1ccsc1C(=O)O. The molecule has 0 aliphatic carbocycles. The number of carbonyl (C=O) groups is 1. The lowest BCUT2D eigenvalue weighted by atomic mass is 10.3. The molecule has 1 atom stereocenters. The molecular formula is C10H16N2O4S2. The van der Waals surface area contributed by atoms with Crippen LogP contribution in [0.2, 0.25) is 0 Å². The molecule has 2 N–H and O–H groups in total. The maximum absolute atomic E-state index is 12.0. The number of sulfonamides is 1. The number of hydrogen-bond acceptors (Lipinski definition) is 5. The molecule has 8 heteroatoms. The van der Waals surface area contributed by atoms with Crippen LogP contribution in [-0.4, -0.2) is 51.1 Å². The summed E-state index contributed by atoms with van der Waals surface area (Å²) in [5.74, 6) is -1.23. The molecule has 0 saturated carbocycles. The van der Waals surface area contributed by atoms with E-state index in [9.17, 15) is 13.2 Å². The number of hydrogen-bond donors (Lipinski definition) is 2. The fraction of sp³-hybridized carbons (Fsp3) is 0.500. The van der Waals surface area contributed by atoms with E-state index in [1.807, 2.05) is 19.0 Å². The minimum Gasteiger partial charge on any atom is -0.477 e. The first-order valence-electron chi connectivity index (χ1n) is 5.22. The van der Waals surface area contributed by atoms with Gasteiger partial charge < -0.3 is 10.0 Å². The van der Waals surface area contributed by atoms with Crippen LogP contribution in [0.15, 0.2) is 16.3 Å². The van der Waals surface area contributed by atoms with Gasteiger partial charge in [-0.3, -0.25) is 0 Å². The highest BCUT2D eigenvalue weighted by molar-refractivity contribution is 7.89. The van der Waals surface area contributed by atoms with Crippen molar-refractivity contribution >= 4 is 27.3 Å². The van der Waals surface area contributed by atoms with E-state index in [2.05, 4.69) is 4.72 Å². The van der Waals surface area contributed by atoms with Gasteiger partial charge >= 0.3 is 5.97 Å². The Hall–Kier alpha value is -0.960. The minimum absolute atomic E-state index is 0.167. The predicted octanol–water partition coefficient (Wildman–Crippen LogP) is 0.675. The number of nitrogens with zero attached hydrogens (tertiary/aromatic N) is 1. The van der Waals surface area contributed by atoms with Crippen LogP contribution in [0.25, 0.3) is 0 Å². The summed E-state index contributed by atoms with van der Waals surface area (Å²) < 4.78 is 26.5. The second kappa shape index (κ2) is 5.79. The Morgan fingerprint density at radius 3 is 2.67 bits per heavy atom. The Bertz CT molecular complexity index is 522. The lowest BCUT2D eigenvalue weighted by Crippen LogP contribution is -2.39. The molecule has 0 aliphatic heterocycles. The number of nitrogens with one attached hydrogen (secondary N) is 1. The van der Waals surface area contributed by atoms with Gasteiger partial charge in [-0.05, 0) is 32.5 Å². The summed E-state index contributed by atoms with van der Waals surface area (Å²) >= 11 is 0.896. The lowest BCUT2D eigenvalue weighted by molar-refractivity contribution is 0.0698. The third-order valence-corrected chi connectivity index (χ3v) is 4.77. The smallest absolute Gasteiger partial charge is 0.347 e. The number of carboxylic acid groups (broad SMARTS) is 1. The van der Waals surface area contributed by atoms with Crippen LogP contribution >= 0.6 is 11.3 Å². The number of likely N-dealkylation sites (N-methyl/N-ethyl adjacent to an activating group) is 1. The van der Waals surface area contributed by atoms with Gasteiger partial charge in [-0.15, -0.1) is 11.3 Å². The highest BCUT2D eigenvalue weighted by atomic mass is 32.2. The summed E-state index contributed by atoms with van der Waals surface area (Å²) in [6.07, 6.45) is 0. The van der Waals surface area contributed by atoms with Crippen LogP contribution in [0.4, 0.5) is 0 Å². The van der Waals surface area contributed by atoms with Crippen molar-refractivity contribution in [3.63, 3.8) is 0 Å². The fourth-order valence-electron chi connectivity index (χ4n) is 1.58. The summed E-state index contributed by atoms with van der Waals surface area (Å²) in [5, 5.41) is 10.4. The van der Waals surface area contributed by atoms with E-state index in [-0.39, 0.29) is 15.8 Å². The van der Waals surface area contributed by atoms with Crippen molar-refractivity contribution in [2.45, 2.75) is 17.9 Å². The molecule has 0 bridgehead atoms. The first-order valence-corrected chi connectivity index (χ1v) is 7.58. The van der Waals surface area contributed by atoms with E-state index >= 15 is 0 Å². The molecule has 0 saturated heterocycles. The van der Waals surface area contributed by atoms with Crippen molar-refractivity contribution in [3.05, 3.63) is 16.3 Å². The van der Waals surface area contributed by atoms with E-state index in [1.165, 1.54) is 11.4 Å². The third kappa shape index (κ3) is 3.77. The van der Waals surface area contributed by atoms with Crippen LogP contribution in [0.1, 0.15) is 16.6 Å². The van der Waals surface area contributed by atoms with Crippen LogP contribution in [0.3, 0.4) is 0 Å². The first-order chi connectivity index (χ1) is 8.24. The van der Waals surface area contributed by atoms with Crippen molar-refractivity contribution in [2.24, 2.45) is 0 Å². The zero-order valence-electron chi connectivity index (χ0n) is 10.4. The average molecular weight is 292 g/mol. The molecule has 18 heavy (non-hydrogen) atoms. The Kier molecular flexibility index (Phi) is 4.85. The van der Waals surface area contributed by atoms with E-state index in [0.29, 0.717) is 6.54 Å². The van der Waals surface area contributed by atoms with Crippen molar-refractivity contribution in [1.82, 2.24) is 9.62 Å². The quantitative estimate of drug-likeness (QED) is 0.805. The maximum Gasteiger partial charge on any atom is 0.347 e. The first kappa shape index (κ1) is 15.1. The molecular weight excluding hydrogens is 276 g/mol. The van der Waals surface area contributed by atoms with E-state index in [0.717, 1.165) is 11.3 Å². The zero-order chi connectivity index (χ0) is 13.9. The summed E-state index contributed by atoms with van der Waals surface area (Å²) in [4.78, 5) is 12.4. The molecule has 0 aromatic carbocycles. The molecule has 1 aromatic rings. The Morgan fingerprint density at radius 1 is 1.56 bits per heavy atom. The highest BCUT2D eigenvalue weighted by Crippen LogP contribution is 2.21. The standard InChI is InChI=1S/C10H16N2O4S2/c1-7(6-12(2)3)11-18(15,16)8-4-5-17-9(8)10(13)14/h4-5,7,11H,6H2,1-3H3,(H,13,14). The van der Waals surface area contributed by atoms with Crippen LogP contribution in [0, 0.1) is 0 Å². The predicted molar refractivity (Wildman–Crippen MR) is 69.6 cm³/mol. The average Bonchev–Trinajstić information content (AvgIpc) is 2.63. The largest absolute Gasteiger partial charge is 0.477 e. The normalized spacial score (nSPS) is 13.8. The van der Waals surface area contributed by atoms with Gasteiger partial charge in [0.15, 0.2) is 0 Å². The third-order valence-electron chi connectivity index (χ3n) is 2.11. The van der Waals surface area contributed by atoms with E-state index in [4.69, 9.17) is 5.11 Å². The van der Waals surface area contributed by atoms with Gasteiger partial charge in [-0.1, -0.05) is 0 Å². The van der Waals surface area contributed by atoms with Gasteiger partial charge in [0.1, 0.15) is 9.77 Å². The topological polar surface area (TPSA) is 86.7 Å². The van der Waals surface area contributed by atoms with Crippen LogP contribution < -0.4 is 4.72 Å². The molecule has 0 radical (unpaired) electrons. The molecule has 0 spiro atoms. The minimum atomic E-state index is -3.78. The number of aromatic carboxylic acids is 1. The Labute approximate surface area is 110 Å². The maximum atomic E-state index is 12.0. The molecule has 1 heterocycles. The van der Waals surface area contributed by atoms with Gasteiger partial charge in [0.2, 0.25) is 10.0 Å². The van der Waals surface area contributed by atoms with Crippen molar-refractivity contribution in [2.75, 3.05) is 20.6 Å². The molecule has 1 aromatic heterocycles. The summed E-state index contributed by atoms with van der Waals surface area (Å²) in [5.41, 5.74) is 0. The van der Waals surface area contributed by atoms with Gasteiger partial charge in [-0.2, -0.15) is 0 Å². The Morgan fingerprint density at radius 2 is 2.17 bits per heavy atom. The van der Waals surface area contributed by atoms with Crippen LogP contribution in [0.5, 0.6) is 0 Å². The molecule has 0 fully saturated rings. The van der Waals surface area contributed by atoms with Crippen molar-refractivity contribution in [3.8, 4) is 0 Å². The molecule has 0 amide bonds. The molecule has 0 aliphatic rings. The molecule has 102 valence electrons. The lowest BCUT2D eigenvalue weighted by Gasteiger charge is -2.18. The van der Waals surface area contributed by atoms with Crippen molar-refractivity contribution in [1.29, 1.82) is 0 Å². The number of carboxylic acids is 1. The second-order valence-corrected chi connectivity index (χ2v) is 6.80. The van der Waals surface area contributed by atoms with E-state index < -0.39 is 16.0 Å². The van der Waals surface area contributed by atoms with Gasteiger partial charge in [0, 0.05) is 12.6 Å².